The largest absolute Gasteiger partial charge is 0.450 e. The van der Waals surface area contributed by atoms with Gasteiger partial charge in [-0.05, 0) is 32.3 Å². The van der Waals surface area contributed by atoms with Gasteiger partial charge >= 0.3 is 0 Å². The third kappa shape index (κ3) is 3.33. The topological polar surface area (TPSA) is 33.5 Å². The molecule has 1 aromatic heterocycles. The van der Waals surface area contributed by atoms with Gasteiger partial charge in [-0.1, -0.05) is 12.8 Å². The first-order valence-corrected chi connectivity index (χ1v) is 6.70. The van der Waals surface area contributed by atoms with Crippen LogP contribution >= 0.6 is 0 Å². The number of carbonyl (C=O) groups is 1. The molecule has 0 aliphatic heterocycles. The zero-order valence-electron chi connectivity index (χ0n) is 11.3. The van der Waals surface area contributed by atoms with Crippen LogP contribution in [0.1, 0.15) is 54.5 Å². The number of amides is 1. The summed E-state index contributed by atoms with van der Waals surface area (Å²) in [5.74, 6) is 0.0655. The molecular weight excluding hydrogens is 252 g/mol. The highest BCUT2D eigenvalue weighted by Crippen LogP contribution is 2.32. The minimum atomic E-state index is -2.68. The molecule has 0 bridgehead atoms. The molecule has 1 aliphatic rings. The molecule has 1 fully saturated rings. The second-order valence-electron chi connectivity index (χ2n) is 5.08. The molecule has 0 aromatic carbocycles. The van der Waals surface area contributed by atoms with Gasteiger partial charge in [-0.25, -0.2) is 8.78 Å². The summed E-state index contributed by atoms with van der Waals surface area (Å²) < 4.78 is 30.1. The standard InChI is InChI=1S/C14H19F2NO2/c1-3-17(7-6-10-4-5-10)14(18)12-9(2)8-11(19-12)13(15)16/h8,10,13H,3-7H2,1-2H3. The fourth-order valence-corrected chi connectivity index (χ4v) is 2.12. The second kappa shape index (κ2) is 5.72. The van der Waals surface area contributed by atoms with Crippen LogP contribution in [0.4, 0.5) is 8.78 Å². The van der Waals surface area contributed by atoms with Crippen molar-refractivity contribution in [2.24, 2.45) is 5.92 Å². The maximum absolute atomic E-state index is 12.6. The molecule has 1 saturated carbocycles. The Hall–Kier alpha value is -1.39. The summed E-state index contributed by atoms with van der Waals surface area (Å²) in [6.45, 7) is 4.74. The zero-order chi connectivity index (χ0) is 14.0. The number of alkyl halides is 2. The van der Waals surface area contributed by atoms with Crippen molar-refractivity contribution < 1.29 is 18.0 Å². The first-order chi connectivity index (χ1) is 9.02. The summed E-state index contributed by atoms with van der Waals surface area (Å²) in [4.78, 5) is 13.9. The van der Waals surface area contributed by atoms with Crippen LogP contribution in [-0.4, -0.2) is 23.9 Å². The summed E-state index contributed by atoms with van der Waals surface area (Å²) in [6.07, 6.45) is 0.783. The van der Waals surface area contributed by atoms with Gasteiger partial charge in [0.1, 0.15) is 0 Å². The highest BCUT2D eigenvalue weighted by molar-refractivity contribution is 5.93. The van der Waals surface area contributed by atoms with E-state index in [2.05, 4.69) is 0 Å². The minimum Gasteiger partial charge on any atom is -0.450 e. The molecule has 1 aliphatic carbocycles. The Kier molecular flexibility index (Phi) is 4.22. The van der Waals surface area contributed by atoms with Crippen molar-refractivity contribution >= 4 is 5.91 Å². The predicted octanol–water partition coefficient (Wildman–Crippen LogP) is 3.79. The Morgan fingerprint density at radius 2 is 2.21 bits per heavy atom. The number of aryl methyl sites for hydroxylation is 1. The van der Waals surface area contributed by atoms with Gasteiger partial charge in [-0.3, -0.25) is 4.79 Å². The van der Waals surface area contributed by atoms with Gasteiger partial charge in [0.05, 0.1) is 0 Å². The molecule has 0 saturated heterocycles. The second-order valence-corrected chi connectivity index (χ2v) is 5.08. The number of rotatable bonds is 6. The summed E-state index contributed by atoms with van der Waals surface area (Å²) in [6, 6.07) is 1.24. The van der Waals surface area contributed by atoms with Crippen molar-refractivity contribution in [1.82, 2.24) is 4.90 Å². The highest BCUT2D eigenvalue weighted by atomic mass is 19.3. The molecule has 0 unspecified atom stereocenters. The van der Waals surface area contributed by atoms with E-state index in [-0.39, 0.29) is 11.7 Å². The molecule has 2 rings (SSSR count). The average Bonchev–Trinajstić information content (AvgIpc) is 3.11. The Balaban J connectivity index is 2.06. The van der Waals surface area contributed by atoms with Crippen LogP contribution in [0.2, 0.25) is 0 Å². The van der Waals surface area contributed by atoms with Crippen LogP contribution in [-0.2, 0) is 0 Å². The van der Waals surface area contributed by atoms with Crippen molar-refractivity contribution in [2.75, 3.05) is 13.1 Å². The molecule has 1 heterocycles. The van der Waals surface area contributed by atoms with E-state index >= 15 is 0 Å². The Labute approximate surface area is 111 Å². The molecule has 19 heavy (non-hydrogen) atoms. The quantitative estimate of drug-likeness (QED) is 0.788. The fraction of sp³-hybridized carbons (Fsp3) is 0.643. The number of nitrogens with zero attached hydrogens (tertiary/aromatic N) is 1. The van der Waals surface area contributed by atoms with Crippen molar-refractivity contribution in [1.29, 1.82) is 0 Å². The molecule has 1 aromatic rings. The van der Waals surface area contributed by atoms with E-state index in [1.54, 1.807) is 11.8 Å². The lowest BCUT2D eigenvalue weighted by molar-refractivity contribution is 0.0708. The van der Waals surface area contributed by atoms with Gasteiger partial charge in [-0.2, -0.15) is 0 Å². The SMILES string of the molecule is CCN(CCC1CC1)C(=O)c1oc(C(F)F)cc1C. The molecule has 0 atom stereocenters. The van der Waals surface area contributed by atoms with E-state index in [1.165, 1.54) is 18.9 Å². The van der Waals surface area contributed by atoms with Crippen molar-refractivity contribution in [3.8, 4) is 0 Å². The van der Waals surface area contributed by atoms with E-state index < -0.39 is 12.2 Å². The van der Waals surface area contributed by atoms with Crippen molar-refractivity contribution in [3.63, 3.8) is 0 Å². The van der Waals surface area contributed by atoms with Crippen molar-refractivity contribution in [3.05, 3.63) is 23.2 Å². The van der Waals surface area contributed by atoms with Gasteiger partial charge in [0.25, 0.3) is 12.3 Å². The van der Waals surface area contributed by atoms with Crippen LogP contribution in [0.5, 0.6) is 0 Å². The summed E-state index contributed by atoms with van der Waals surface area (Å²) in [7, 11) is 0. The molecule has 0 radical (unpaired) electrons. The first-order valence-electron chi connectivity index (χ1n) is 6.70. The monoisotopic (exact) mass is 271 g/mol. The Morgan fingerprint density at radius 3 is 2.68 bits per heavy atom. The Morgan fingerprint density at radius 1 is 1.53 bits per heavy atom. The summed E-state index contributed by atoms with van der Waals surface area (Å²) in [5.41, 5.74) is 0.477. The Bertz CT molecular complexity index is 452. The fourth-order valence-electron chi connectivity index (χ4n) is 2.12. The summed E-state index contributed by atoms with van der Waals surface area (Å²) >= 11 is 0. The van der Waals surface area contributed by atoms with Crippen LogP contribution in [0.3, 0.4) is 0 Å². The maximum atomic E-state index is 12.6. The lowest BCUT2D eigenvalue weighted by Crippen LogP contribution is -2.32. The molecule has 0 spiro atoms. The van der Waals surface area contributed by atoms with Crippen LogP contribution in [0, 0.1) is 12.8 Å². The third-order valence-electron chi connectivity index (χ3n) is 3.52. The lowest BCUT2D eigenvalue weighted by Gasteiger charge is -2.19. The first kappa shape index (κ1) is 14.0. The van der Waals surface area contributed by atoms with Gasteiger partial charge in [-0.15, -0.1) is 0 Å². The van der Waals surface area contributed by atoms with E-state index in [4.69, 9.17) is 4.42 Å². The van der Waals surface area contributed by atoms with E-state index in [1.807, 2.05) is 6.92 Å². The molecular formula is C14H19F2NO2. The maximum Gasteiger partial charge on any atom is 0.295 e. The van der Waals surface area contributed by atoms with Crippen LogP contribution in [0.25, 0.3) is 0 Å². The highest BCUT2D eigenvalue weighted by Gasteiger charge is 2.26. The van der Waals surface area contributed by atoms with Crippen LogP contribution < -0.4 is 0 Å². The molecule has 1 amide bonds. The molecule has 5 heteroatoms. The normalized spacial score (nSPS) is 15.0. The summed E-state index contributed by atoms with van der Waals surface area (Å²) in [5, 5.41) is 0. The van der Waals surface area contributed by atoms with Gasteiger partial charge in [0, 0.05) is 18.7 Å². The number of furan rings is 1. The van der Waals surface area contributed by atoms with E-state index in [0.717, 1.165) is 12.3 Å². The van der Waals surface area contributed by atoms with E-state index in [0.29, 0.717) is 18.7 Å². The third-order valence-corrected chi connectivity index (χ3v) is 3.52. The number of carbonyl (C=O) groups excluding carboxylic acids is 1. The molecule has 3 nitrogen and oxygen atoms in total. The smallest absolute Gasteiger partial charge is 0.295 e. The van der Waals surface area contributed by atoms with E-state index in [9.17, 15) is 13.6 Å². The van der Waals surface area contributed by atoms with Crippen molar-refractivity contribution in [2.45, 2.75) is 39.5 Å². The van der Waals surface area contributed by atoms with Gasteiger partial charge in [0.15, 0.2) is 11.5 Å². The molecule has 106 valence electrons. The molecule has 0 N–H and O–H groups in total. The lowest BCUT2D eigenvalue weighted by atomic mass is 10.2. The predicted molar refractivity (Wildman–Crippen MR) is 67.3 cm³/mol. The minimum absolute atomic E-state index is 0.0490. The van der Waals surface area contributed by atoms with Gasteiger partial charge in [0.2, 0.25) is 0 Å². The number of hydrogen-bond donors (Lipinski definition) is 0. The average molecular weight is 271 g/mol. The number of hydrogen-bond acceptors (Lipinski definition) is 2. The number of halogens is 2. The van der Waals surface area contributed by atoms with Crippen LogP contribution in [0.15, 0.2) is 10.5 Å². The zero-order valence-corrected chi connectivity index (χ0v) is 11.3. The van der Waals surface area contributed by atoms with Gasteiger partial charge < -0.3 is 9.32 Å².